The topological polar surface area (TPSA) is 52.3 Å². The van der Waals surface area contributed by atoms with Crippen molar-refractivity contribution in [2.24, 2.45) is 0 Å². The molecule has 2 N–H and O–H groups in total. The van der Waals surface area contributed by atoms with Gasteiger partial charge in [0.1, 0.15) is 11.5 Å². The SMILES string of the molecule is COc1c(N)cccc1CC(C)=O. The summed E-state index contributed by atoms with van der Waals surface area (Å²) >= 11 is 0. The van der Waals surface area contributed by atoms with Gasteiger partial charge in [0.05, 0.1) is 12.8 Å². The van der Waals surface area contributed by atoms with Gasteiger partial charge in [-0.15, -0.1) is 0 Å². The Kier molecular flexibility index (Phi) is 2.90. The van der Waals surface area contributed by atoms with Crippen molar-refractivity contribution in [2.75, 3.05) is 12.8 Å². The maximum atomic E-state index is 10.9. The molecular formula is C10H13NO2. The zero-order valence-corrected chi connectivity index (χ0v) is 7.83. The van der Waals surface area contributed by atoms with Crippen LogP contribution in [-0.4, -0.2) is 12.9 Å². The van der Waals surface area contributed by atoms with Gasteiger partial charge in [-0.25, -0.2) is 0 Å². The van der Waals surface area contributed by atoms with Crippen LogP contribution in [0.4, 0.5) is 5.69 Å². The van der Waals surface area contributed by atoms with Gasteiger partial charge < -0.3 is 10.5 Å². The fourth-order valence-corrected chi connectivity index (χ4v) is 1.26. The summed E-state index contributed by atoms with van der Waals surface area (Å²) in [4.78, 5) is 10.9. The van der Waals surface area contributed by atoms with Crippen LogP contribution in [0.15, 0.2) is 18.2 Å². The number of benzene rings is 1. The number of nitrogen functional groups attached to an aromatic ring is 1. The van der Waals surface area contributed by atoms with E-state index in [9.17, 15) is 4.79 Å². The van der Waals surface area contributed by atoms with Gasteiger partial charge in [-0.2, -0.15) is 0 Å². The lowest BCUT2D eigenvalue weighted by Crippen LogP contribution is -2.01. The van der Waals surface area contributed by atoms with E-state index in [-0.39, 0.29) is 5.78 Å². The fraction of sp³-hybridized carbons (Fsp3) is 0.300. The Hall–Kier alpha value is -1.51. The summed E-state index contributed by atoms with van der Waals surface area (Å²) in [6.07, 6.45) is 0.369. The molecule has 0 aliphatic rings. The minimum atomic E-state index is 0.101. The standard InChI is InChI=1S/C10H13NO2/c1-7(12)6-8-4-3-5-9(11)10(8)13-2/h3-5H,6,11H2,1-2H3. The summed E-state index contributed by atoms with van der Waals surface area (Å²) in [7, 11) is 1.55. The number of ether oxygens (including phenoxy) is 1. The predicted octanol–water partition coefficient (Wildman–Crippen LogP) is 1.41. The molecule has 70 valence electrons. The molecule has 0 saturated carbocycles. The van der Waals surface area contributed by atoms with Gasteiger partial charge in [-0.1, -0.05) is 12.1 Å². The first-order chi connectivity index (χ1) is 6.15. The zero-order chi connectivity index (χ0) is 9.84. The highest BCUT2D eigenvalue weighted by molar-refractivity contribution is 5.79. The molecule has 0 aliphatic carbocycles. The molecule has 0 fully saturated rings. The van der Waals surface area contributed by atoms with Gasteiger partial charge >= 0.3 is 0 Å². The maximum Gasteiger partial charge on any atom is 0.145 e. The summed E-state index contributed by atoms with van der Waals surface area (Å²) in [6, 6.07) is 5.41. The minimum absolute atomic E-state index is 0.101. The Morgan fingerprint density at radius 1 is 1.54 bits per heavy atom. The molecule has 0 heterocycles. The average Bonchev–Trinajstić information content (AvgIpc) is 2.03. The van der Waals surface area contributed by atoms with Crippen molar-refractivity contribution >= 4 is 11.5 Å². The molecule has 0 saturated heterocycles. The van der Waals surface area contributed by atoms with Crippen LogP contribution in [0, 0.1) is 0 Å². The highest BCUT2D eigenvalue weighted by Crippen LogP contribution is 2.26. The lowest BCUT2D eigenvalue weighted by Gasteiger charge is -2.08. The van der Waals surface area contributed by atoms with Crippen LogP contribution in [0.5, 0.6) is 5.75 Å². The molecule has 0 spiro atoms. The summed E-state index contributed by atoms with van der Waals surface area (Å²) < 4.78 is 5.10. The molecule has 13 heavy (non-hydrogen) atoms. The number of rotatable bonds is 3. The van der Waals surface area contributed by atoms with Crippen LogP contribution in [0.25, 0.3) is 0 Å². The zero-order valence-electron chi connectivity index (χ0n) is 7.83. The molecule has 0 aliphatic heterocycles. The van der Waals surface area contributed by atoms with Gasteiger partial charge in [0.2, 0.25) is 0 Å². The number of hydrogen-bond acceptors (Lipinski definition) is 3. The Labute approximate surface area is 77.5 Å². The van der Waals surface area contributed by atoms with Crippen molar-refractivity contribution in [3.8, 4) is 5.75 Å². The summed E-state index contributed by atoms with van der Waals surface area (Å²) in [5.74, 6) is 0.710. The van der Waals surface area contributed by atoms with Crippen LogP contribution in [0.3, 0.4) is 0 Å². The smallest absolute Gasteiger partial charge is 0.145 e. The Morgan fingerprint density at radius 2 is 2.23 bits per heavy atom. The van der Waals surface area contributed by atoms with E-state index < -0.39 is 0 Å². The Balaban J connectivity index is 3.05. The number of Topliss-reactive ketones (excluding diaryl/α,β-unsaturated/α-hetero) is 1. The molecule has 1 rings (SSSR count). The van der Waals surface area contributed by atoms with E-state index in [1.807, 2.05) is 12.1 Å². The van der Waals surface area contributed by atoms with Crippen LogP contribution in [0.1, 0.15) is 12.5 Å². The maximum absolute atomic E-state index is 10.9. The molecule has 3 heteroatoms. The van der Waals surface area contributed by atoms with Crippen molar-refractivity contribution in [1.82, 2.24) is 0 Å². The second kappa shape index (κ2) is 3.94. The van der Waals surface area contributed by atoms with E-state index in [1.165, 1.54) is 0 Å². The molecule has 1 aromatic carbocycles. The first-order valence-electron chi connectivity index (χ1n) is 4.06. The van der Waals surface area contributed by atoms with E-state index in [4.69, 9.17) is 10.5 Å². The second-order valence-corrected chi connectivity index (χ2v) is 2.92. The third-order valence-electron chi connectivity index (χ3n) is 1.77. The van der Waals surface area contributed by atoms with Gasteiger partial charge in [0.15, 0.2) is 0 Å². The van der Waals surface area contributed by atoms with Crippen molar-refractivity contribution in [3.05, 3.63) is 23.8 Å². The molecule has 0 bridgehead atoms. The van der Waals surface area contributed by atoms with Crippen LogP contribution >= 0.6 is 0 Å². The van der Waals surface area contributed by atoms with E-state index in [2.05, 4.69) is 0 Å². The molecule has 0 aromatic heterocycles. The van der Waals surface area contributed by atoms with E-state index in [0.29, 0.717) is 17.9 Å². The predicted molar refractivity (Wildman–Crippen MR) is 51.8 cm³/mol. The van der Waals surface area contributed by atoms with Gasteiger partial charge in [0.25, 0.3) is 0 Å². The van der Waals surface area contributed by atoms with Gasteiger partial charge in [-0.3, -0.25) is 4.79 Å². The van der Waals surface area contributed by atoms with E-state index in [0.717, 1.165) is 5.56 Å². The van der Waals surface area contributed by atoms with Crippen LogP contribution in [0.2, 0.25) is 0 Å². The first-order valence-corrected chi connectivity index (χ1v) is 4.06. The lowest BCUT2D eigenvalue weighted by atomic mass is 10.1. The van der Waals surface area contributed by atoms with Gasteiger partial charge in [0, 0.05) is 12.0 Å². The number of nitrogens with two attached hydrogens (primary N) is 1. The van der Waals surface area contributed by atoms with Crippen LogP contribution in [-0.2, 0) is 11.2 Å². The summed E-state index contributed by atoms with van der Waals surface area (Å²) in [5, 5.41) is 0. The quantitative estimate of drug-likeness (QED) is 0.714. The van der Waals surface area contributed by atoms with Crippen molar-refractivity contribution in [1.29, 1.82) is 0 Å². The van der Waals surface area contributed by atoms with Crippen LogP contribution < -0.4 is 10.5 Å². The van der Waals surface area contributed by atoms with Crippen molar-refractivity contribution in [2.45, 2.75) is 13.3 Å². The average molecular weight is 179 g/mol. The molecule has 0 unspecified atom stereocenters. The van der Waals surface area contributed by atoms with E-state index in [1.54, 1.807) is 20.1 Å². The van der Waals surface area contributed by atoms with Gasteiger partial charge in [-0.05, 0) is 13.0 Å². The molecule has 3 nitrogen and oxygen atoms in total. The van der Waals surface area contributed by atoms with Crippen molar-refractivity contribution < 1.29 is 9.53 Å². The summed E-state index contributed by atoms with van der Waals surface area (Å²) in [6.45, 7) is 1.54. The second-order valence-electron chi connectivity index (χ2n) is 2.92. The molecule has 0 radical (unpaired) electrons. The third-order valence-corrected chi connectivity index (χ3v) is 1.77. The minimum Gasteiger partial charge on any atom is -0.494 e. The normalized spacial score (nSPS) is 9.69. The molecule has 1 aromatic rings. The van der Waals surface area contributed by atoms with E-state index >= 15 is 0 Å². The molecule has 0 amide bonds. The number of carbonyl (C=O) groups excluding carboxylic acids is 1. The molecule has 0 atom stereocenters. The first kappa shape index (κ1) is 9.58. The highest BCUT2D eigenvalue weighted by atomic mass is 16.5. The number of ketones is 1. The number of anilines is 1. The van der Waals surface area contributed by atoms with Crippen molar-refractivity contribution in [3.63, 3.8) is 0 Å². The summed E-state index contributed by atoms with van der Waals surface area (Å²) in [5.41, 5.74) is 7.08. The number of para-hydroxylation sites is 1. The number of hydrogen-bond donors (Lipinski definition) is 1. The lowest BCUT2D eigenvalue weighted by molar-refractivity contribution is -0.116. The highest BCUT2D eigenvalue weighted by Gasteiger charge is 2.07. The Bertz CT molecular complexity index is 321. The largest absolute Gasteiger partial charge is 0.494 e. The Morgan fingerprint density at radius 3 is 2.77 bits per heavy atom. The number of carbonyl (C=O) groups is 1. The molecular weight excluding hydrogens is 166 g/mol. The third kappa shape index (κ3) is 2.21. The monoisotopic (exact) mass is 179 g/mol. The fourth-order valence-electron chi connectivity index (χ4n) is 1.26. The number of methoxy groups -OCH3 is 1.